The van der Waals surface area contributed by atoms with Crippen molar-refractivity contribution in [2.45, 2.75) is 64.5 Å². The number of aliphatic hydroxyl groups is 1. The summed E-state index contributed by atoms with van der Waals surface area (Å²) in [5.41, 5.74) is -0.589. The van der Waals surface area contributed by atoms with Crippen molar-refractivity contribution in [3.8, 4) is 0 Å². The summed E-state index contributed by atoms with van der Waals surface area (Å²) in [6.45, 7) is 8.48. The van der Waals surface area contributed by atoms with Gasteiger partial charge in [0.2, 0.25) is 5.91 Å². The minimum Gasteiger partial charge on any atom is -0.390 e. The second kappa shape index (κ2) is 7.10. The van der Waals surface area contributed by atoms with Crippen LogP contribution >= 0.6 is 0 Å². The molecule has 1 heterocycles. The number of carbonyl (C=O) groups excluding carboxylic acids is 1. The highest BCUT2D eigenvalue weighted by atomic mass is 16.3. The fraction of sp³-hybridized carbons (Fsp3) is 0.929. The largest absolute Gasteiger partial charge is 0.390 e. The standard InChI is InChI=1S/C14H28N2O2/c1-12(2)15-9-4-6-13(17)16-10-5-7-14(3,18)8-11-16/h12,15,18H,4-11H2,1-3H3. The molecule has 1 unspecified atom stereocenters. The highest BCUT2D eigenvalue weighted by Crippen LogP contribution is 2.21. The molecule has 1 atom stereocenters. The van der Waals surface area contributed by atoms with Crippen LogP contribution in [0.1, 0.15) is 52.9 Å². The van der Waals surface area contributed by atoms with E-state index in [1.54, 1.807) is 0 Å². The van der Waals surface area contributed by atoms with E-state index in [0.717, 1.165) is 32.4 Å². The molecule has 0 bridgehead atoms. The van der Waals surface area contributed by atoms with Crippen LogP contribution in [0.2, 0.25) is 0 Å². The van der Waals surface area contributed by atoms with Crippen LogP contribution in [0, 0.1) is 0 Å². The van der Waals surface area contributed by atoms with Crippen LogP contribution in [0.3, 0.4) is 0 Å². The Kier molecular flexibility index (Phi) is 6.09. The van der Waals surface area contributed by atoms with Gasteiger partial charge in [-0.05, 0) is 39.2 Å². The minimum atomic E-state index is -0.589. The lowest BCUT2D eigenvalue weighted by Crippen LogP contribution is -2.34. The highest BCUT2D eigenvalue weighted by molar-refractivity contribution is 5.76. The van der Waals surface area contributed by atoms with Crippen LogP contribution in [-0.2, 0) is 4.79 Å². The van der Waals surface area contributed by atoms with Crippen molar-refractivity contribution >= 4 is 5.91 Å². The molecule has 1 fully saturated rings. The first-order valence-electron chi connectivity index (χ1n) is 7.14. The molecule has 18 heavy (non-hydrogen) atoms. The van der Waals surface area contributed by atoms with Gasteiger partial charge in [0.05, 0.1) is 5.60 Å². The Bertz CT molecular complexity index is 265. The predicted octanol–water partition coefficient (Wildman–Crippen LogP) is 1.53. The van der Waals surface area contributed by atoms with Gasteiger partial charge >= 0.3 is 0 Å². The molecule has 1 aliphatic rings. The Balaban J connectivity index is 2.25. The van der Waals surface area contributed by atoms with E-state index in [0.29, 0.717) is 25.4 Å². The maximum Gasteiger partial charge on any atom is 0.222 e. The van der Waals surface area contributed by atoms with Crippen molar-refractivity contribution in [3.05, 3.63) is 0 Å². The Hall–Kier alpha value is -0.610. The summed E-state index contributed by atoms with van der Waals surface area (Å²) in [5.74, 6) is 0.234. The van der Waals surface area contributed by atoms with Crippen LogP contribution in [0.4, 0.5) is 0 Å². The van der Waals surface area contributed by atoms with Gasteiger partial charge in [-0.2, -0.15) is 0 Å². The number of nitrogens with zero attached hydrogens (tertiary/aromatic N) is 1. The summed E-state index contributed by atoms with van der Waals surface area (Å²) in [4.78, 5) is 13.9. The number of carbonyl (C=O) groups is 1. The molecule has 0 aromatic carbocycles. The van der Waals surface area contributed by atoms with E-state index in [-0.39, 0.29) is 5.91 Å². The Morgan fingerprint density at radius 2 is 2.11 bits per heavy atom. The normalized spacial score (nSPS) is 25.3. The molecule has 1 rings (SSSR count). The molecular formula is C14H28N2O2. The van der Waals surface area contributed by atoms with E-state index in [4.69, 9.17) is 0 Å². The first-order chi connectivity index (χ1) is 8.41. The molecule has 0 saturated carbocycles. The van der Waals surface area contributed by atoms with Gasteiger partial charge in [0.25, 0.3) is 0 Å². The average molecular weight is 256 g/mol. The van der Waals surface area contributed by atoms with Crippen molar-refractivity contribution in [1.82, 2.24) is 10.2 Å². The van der Waals surface area contributed by atoms with E-state index in [9.17, 15) is 9.90 Å². The Morgan fingerprint density at radius 1 is 1.39 bits per heavy atom. The van der Waals surface area contributed by atoms with Gasteiger partial charge in [0.15, 0.2) is 0 Å². The van der Waals surface area contributed by atoms with Crippen LogP contribution in [-0.4, -0.2) is 47.2 Å². The summed E-state index contributed by atoms with van der Waals surface area (Å²) < 4.78 is 0. The van der Waals surface area contributed by atoms with Gasteiger partial charge in [0.1, 0.15) is 0 Å². The number of rotatable bonds is 5. The molecule has 106 valence electrons. The summed E-state index contributed by atoms with van der Waals surface area (Å²) in [5, 5.41) is 13.3. The lowest BCUT2D eigenvalue weighted by atomic mass is 9.98. The second-order valence-electron chi connectivity index (χ2n) is 5.94. The van der Waals surface area contributed by atoms with Crippen LogP contribution in [0.25, 0.3) is 0 Å². The Labute approximate surface area is 111 Å². The number of likely N-dealkylation sites (tertiary alicyclic amines) is 1. The van der Waals surface area contributed by atoms with E-state index in [1.165, 1.54) is 0 Å². The first kappa shape index (κ1) is 15.4. The highest BCUT2D eigenvalue weighted by Gasteiger charge is 2.26. The summed E-state index contributed by atoms with van der Waals surface area (Å²) in [6.07, 6.45) is 3.91. The molecule has 1 amide bonds. The monoisotopic (exact) mass is 256 g/mol. The molecule has 1 aliphatic heterocycles. The predicted molar refractivity (Wildman–Crippen MR) is 73.4 cm³/mol. The third kappa shape index (κ3) is 5.83. The smallest absolute Gasteiger partial charge is 0.222 e. The van der Waals surface area contributed by atoms with Crippen LogP contribution in [0.15, 0.2) is 0 Å². The van der Waals surface area contributed by atoms with Crippen LogP contribution < -0.4 is 5.32 Å². The van der Waals surface area contributed by atoms with E-state index >= 15 is 0 Å². The van der Waals surface area contributed by atoms with Crippen molar-refractivity contribution in [2.75, 3.05) is 19.6 Å². The summed E-state index contributed by atoms with van der Waals surface area (Å²) >= 11 is 0. The van der Waals surface area contributed by atoms with Crippen molar-refractivity contribution < 1.29 is 9.90 Å². The van der Waals surface area contributed by atoms with E-state index in [2.05, 4.69) is 19.2 Å². The molecule has 0 aromatic heterocycles. The zero-order valence-corrected chi connectivity index (χ0v) is 12.0. The fourth-order valence-electron chi connectivity index (χ4n) is 2.30. The van der Waals surface area contributed by atoms with Gasteiger partial charge in [-0.1, -0.05) is 13.8 Å². The Morgan fingerprint density at radius 3 is 2.78 bits per heavy atom. The maximum absolute atomic E-state index is 12.0. The van der Waals surface area contributed by atoms with Gasteiger partial charge in [-0.3, -0.25) is 4.79 Å². The lowest BCUT2D eigenvalue weighted by Gasteiger charge is -2.22. The molecule has 0 radical (unpaired) electrons. The molecule has 0 aromatic rings. The summed E-state index contributed by atoms with van der Waals surface area (Å²) in [6, 6.07) is 0.480. The van der Waals surface area contributed by atoms with Gasteiger partial charge in [-0.25, -0.2) is 0 Å². The number of hydrogen-bond acceptors (Lipinski definition) is 3. The lowest BCUT2D eigenvalue weighted by molar-refractivity contribution is -0.131. The van der Waals surface area contributed by atoms with E-state index < -0.39 is 5.60 Å². The molecule has 0 aliphatic carbocycles. The molecule has 1 saturated heterocycles. The number of nitrogens with one attached hydrogen (secondary N) is 1. The van der Waals surface area contributed by atoms with Gasteiger partial charge in [0, 0.05) is 25.6 Å². The second-order valence-corrected chi connectivity index (χ2v) is 5.94. The van der Waals surface area contributed by atoms with Gasteiger partial charge < -0.3 is 15.3 Å². The van der Waals surface area contributed by atoms with Crippen molar-refractivity contribution in [2.24, 2.45) is 0 Å². The fourth-order valence-corrected chi connectivity index (χ4v) is 2.30. The average Bonchev–Trinajstić information content (AvgIpc) is 2.45. The summed E-state index contributed by atoms with van der Waals surface area (Å²) in [7, 11) is 0. The topological polar surface area (TPSA) is 52.6 Å². The van der Waals surface area contributed by atoms with E-state index in [1.807, 2.05) is 11.8 Å². The van der Waals surface area contributed by atoms with Gasteiger partial charge in [-0.15, -0.1) is 0 Å². The van der Waals surface area contributed by atoms with Crippen molar-refractivity contribution in [3.63, 3.8) is 0 Å². The third-order valence-corrected chi connectivity index (χ3v) is 3.54. The zero-order valence-electron chi connectivity index (χ0n) is 12.0. The molecular weight excluding hydrogens is 228 g/mol. The van der Waals surface area contributed by atoms with Crippen LogP contribution in [0.5, 0.6) is 0 Å². The number of amides is 1. The number of hydrogen-bond donors (Lipinski definition) is 2. The molecule has 2 N–H and O–H groups in total. The molecule has 0 spiro atoms. The minimum absolute atomic E-state index is 0.234. The molecule has 4 heteroatoms. The molecule has 4 nitrogen and oxygen atoms in total. The zero-order chi connectivity index (χ0) is 13.6. The third-order valence-electron chi connectivity index (χ3n) is 3.54. The quantitative estimate of drug-likeness (QED) is 0.733. The maximum atomic E-state index is 12.0. The van der Waals surface area contributed by atoms with Crippen molar-refractivity contribution in [1.29, 1.82) is 0 Å². The SMILES string of the molecule is CC(C)NCCCC(=O)N1CCCC(C)(O)CC1. The first-order valence-corrected chi connectivity index (χ1v) is 7.14.